The molecule has 0 radical (unpaired) electrons. The van der Waals surface area contributed by atoms with Gasteiger partial charge in [-0.05, 0) is 23.1 Å². The van der Waals surface area contributed by atoms with E-state index in [-0.39, 0.29) is 23.0 Å². The number of hydrogen-bond donors (Lipinski definition) is 2. The molecular weight excluding hydrogens is 207 g/mol. The zero-order chi connectivity index (χ0) is 12.3. The Kier molecular flexibility index (Phi) is 3.88. The highest BCUT2D eigenvalue weighted by molar-refractivity contribution is 5.31. The SMILES string of the molecule is COc1ccc(C(NN)C(C)(C)C)cc1F. The van der Waals surface area contributed by atoms with Crippen molar-refractivity contribution >= 4 is 0 Å². The van der Waals surface area contributed by atoms with E-state index in [0.29, 0.717) is 0 Å². The van der Waals surface area contributed by atoms with Gasteiger partial charge in [0.1, 0.15) is 0 Å². The molecule has 0 spiro atoms. The summed E-state index contributed by atoms with van der Waals surface area (Å²) in [5.74, 6) is 5.38. The van der Waals surface area contributed by atoms with Crippen molar-refractivity contribution in [3.63, 3.8) is 0 Å². The first-order chi connectivity index (χ1) is 7.40. The molecule has 0 saturated carbocycles. The first kappa shape index (κ1) is 12.9. The van der Waals surface area contributed by atoms with Crippen LogP contribution in [0.3, 0.4) is 0 Å². The summed E-state index contributed by atoms with van der Waals surface area (Å²) in [6.07, 6.45) is 0. The Bertz CT molecular complexity index is 361. The highest BCUT2D eigenvalue weighted by Crippen LogP contribution is 2.33. The average Bonchev–Trinajstić information content (AvgIpc) is 2.17. The molecule has 0 heterocycles. The van der Waals surface area contributed by atoms with Gasteiger partial charge in [-0.3, -0.25) is 11.3 Å². The van der Waals surface area contributed by atoms with Crippen molar-refractivity contribution in [2.24, 2.45) is 11.3 Å². The predicted octanol–water partition coefficient (Wildman–Crippen LogP) is 2.38. The topological polar surface area (TPSA) is 47.3 Å². The van der Waals surface area contributed by atoms with Crippen LogP contribution >= 0.6 is 0 Å². The third kappa shape index (κ3) is 2.71. The molecule has 0 saturated heterocycles. The molecule has 1 unspecified atom stereocenters. The summed E-state index contributed by atoms with van der Waals surface area (Å²) in [5, 5.41) is 0. The number of benzene rings is 1. The van der Waals surface area contributed by atoms with Gasteiger partial charge in [0.2, 0.25) is 0 Å². The molecule has 16 heavy (non-hydrogen) atoms. The number of halogens is 1. The van der Waals surface area contributed by atoms with Gasteiger partial charge < -0.3 is 4.74 Å². The van der Waals surface area contributed by atoms with E-state index in [1.165, 1.54) is 13.2 Å². The Hall–Kier alpha value is -1.13. The van der Waals surface area contributed by atoms with Gasteiger partial charge in [-0.15, -0.1) is 0 Å². The molecular formula is C12H19FN2O. The fourth-order valence-corrected chi connectivity index (χ4v) is 1.71. The first-order valence-electron chi connectivity index (χ1n) is 5.19. The van der Waals surface area contributed by atoms with E-state index in [1.807, 2.05) is 26.8 Å². The number of hydrazine groups is 1. The third-order valence-electron chi connectivity index (χ3n) is 2.54. The number of nitrogens with one attached hydrogen (secondary N) is 1. The molecule has 0 aliphatic heterocycles. The summed E-state index contributed by atoms with van der Waals surface area (Å²) in [5.41, 5.74) is 3.44. The number of methoxy groups -OCH3 is 1. The zero-order valence-corrected chi connectivity index (χ0v) is 10.2. The molecule has 0 amide bonds. The first-order valence-corrected chi connectivity index (χ1v) is 5.19. The second kappa shape index (κ2) is 4.80. The predicted molar refractivity (Wildman–Crippen MR) is 62.5 cm³/mol. The quantitative estimate of drug-likeness (QED) is 0.614. The Morgan fingerprint density at radius 1 is 1.38 bits per heavy atom. The number of nitrogens with two attached hydrogens (primary N) is 1. The molecule has 1 aromatic rings. The van der Waals surface area contributed by atoms with Gasteiger partial charge >= 0.3 is 0 Å². The van der Waals surface area contributed by atoms with E-state index in [2.05, 4.69) is 5.43 Å². The second-order valence-corrected chi connectivity index (χ2v) is 4.86. The minimum Gasteiger partial charge on any atom is -0.494 e. The molecule has 0 bridgehead atoms. The highest BCUT2D eigenvalue weighted by atomic mass is 19.1. The van der Waals surface area contributed by atoms with Gasteiger partial charge in [0.05, 0.1) is 13.2 Å². The standard InChI is InChI=1S/C12H19FN2O/c1-12(2,3)11(15-14)8-5-6-10(16-4)9(13)7-8/h5-7,11,15H,14H2,1-4H3. The number of ether oxygens (including phenoxy) is 1. The molecule has 4 heteroatoms. The van der Waals surface area contributed by atoms with Crippen molar-refractivity contribution in [2.75, 3.05) is 7.11 Å². The largest absolute Gasteiger partial charge is 0.494 e. The maximum absolute atomic E-state index is 13.5. The molecule has 90 valence electrons. The van der Waals surface area contributed by atoms with E-state index >= 15 is 0 Å². The van der Waals surface area contributed by atoms with Gasteiger partial charge in [0, 0.05) is 0 Å². The molecule has 0 fully saturated rings. The van der Waals surface area contributed by atoms with Crippen LogP contribution < -0.4 is 16.0 Å². The van der Waals surface area contributed by atoms with Gasteiger partial charge in [-0.2, -0.15) is 0 Å². The maximum Gasteiger partial charge on any atom is 0.165 e. The van der Waals surface area contributed by atoms with Crippen LogP contribution in [-0.4, -0.2) is 7.11 Å². The van der Waals surface area contributed by atoms with E-state index in [4.69, 9.17) is 10.6 Å². The van der Waals surface area contributed by atoms with Crippen LogP contribution in [0.5, 0.6) is 5.75 Å². The Balaban J connectivity index is 3.08. The lowest BCUT2D eigenvalue weighted by molar-refractivity contribution is 0.274. The maximum atomic E-state index is 13.5. The smallest absolute Gasteiger partial charge is 0.165 e. The molecule has 1 aromatic carbocycles. The van der Waals surface area contributed by atoms with Crippen molar-refractivity contribution in [3.05, 3.63) is 29.6 Å². The summed E-state index contributed by atoms with van der Waals surface area (Å²) in [4.78, 5) is 0. The van der Waals surface area contributed by atoms with Gasteiger partial charge in [-0.1, -0.05) is 26.8 Å². The second-order valence-electron chi connectivity index (χ2n) is 4.86. The molecule has 1 atom stereocenters. The Morgan fingerprint density at radius 2 is 2.00 bits per heavy atom. The van der Waals surface area contributed by atoms with Gasteiger partial charge in [0.15, 0.2) is 11.6 Å². The molecule has 3 nitrogen and oxygen atoms in total. The van der Waals surface area contributed by atoms with Gasteiger partial charge in [0.25, 0.3) is 0 Å². The Labute approximate surface area is 95.8 Å². The van der Waals surface area contributed by atoms with Crippen molar-refractivity contribution in [2.45, 2.75) is 26.8 Å². The van der Waals surface area contributed by atoms with Crippen molar-refractivity contribution in [3.8, 4) is 5.75 Å². The highest BCUT2D eigenvalue weighted by Gasteiger charge is 2.25. The van der Waals surface area contributed by atoms with Crippen molar-refractivity contribution in [1.29, 1.82) is 0 Å². The summed E-state index contributed by atoms with van der Waals surface area (Å²) >= 11 is 0. The van der Waals surface area contributed by atoms with Crippen LogP contribution in [-0.2, 0) is 0 Å². The number of rotatable bonds is 3. The normalized spacial score (nSPS) is 13.6. The molecule has 0 aliphatic carbocycles. The summed E-state index contributed by atoms with van der Waals surface area (Å²) in [7, 11) is 1.44. The van der Waals surface area contributed by atoms with Crippen molar-refractivity contribution in [1.82, 2.24) is 5.43 Å². The monoisotopic (exact) mass is 226 g/mol. The molecule has 0 aromatic heterocycles. The minimum atomic E-state index is -0.371. The van der Waals surface area contributed by atoms with E-state index in [0.717, 1.165) is 5.56 Å². The zero-order valence-electron chi connectivity index (χ0n) is 10.2. The van der Waals surface area contributed by atoms with E-state index < -0.39 is 0 Å². The van der Waals surface area contributed by atoms with Crippen LogP contribution in [0.4, 0.5) is 4.39 Å². The molecule has 3 N–H and O–H groups in total. The molecule has 0 aliphatic rings. The fourth-order valence-electron chi connectivity index (χ4n) is 1.71. The third-order valence-corrected chi connectivity index (χ3v) is 2.54. The van der Waals surface area contributed by atoms with Crippen LogP contribution in [0.15, 0.2) is 18.2 Å². The number of hydrogen-bond acceptors (Lipinski definition) is 3. The average molecular weight is 226 g/mol. The lowest BCUT2D eigenvalue weighted by atomic mass is 9.83. The van der Waals surface area contributed by atoms with Crippen LogP contribution in [0.1, 0.15) is 32.4 Å². The van der Waals surface area contributed by atoms with Gasteiger partial charge in [-0.25, -0.2) is 4.39 Å². The van der Waals surface area contributed by atoms with Crippen LogP contribution in [0.25, 0.3) is 0 Å². The van der Waals surface area contributed by atoms with E-state index in [9.17, 15) is 4.39 Å². The van der Waals surface area contributed by atoms with Crippen LogP contribution in [0, 0.1) is 11.2 Å². The van der Waals surface area contributed by atoms with Crippen LogP contribution in [0.2, 0.25) is 0 Å². The summed E-state index contributed by atoms with van der Waals surface area (Å²) < 4.78 is 18.4. The summed E-state index contributed by atoms with van der Waals surface area (Å²) in [6, 6.07) is 4.78. The molecule has 1 rings (SSSR count). The van der Waals surface area contributed by atoms with Crippen molar-refractivity contribution < 1.29 is 9.13 Å². The fraction of sp³-hybridized carbons (Fsp3) is 0.500. The lowest BCUT2D eigenvalue weighted by Gasteiger charge is -2.30. The summed E-state index contributed by atoms with van der Waals surface area (Å²) in [6.45, 7) is 6.12. The minimum absolute atomic E-state index is 0.0875. The van der Waals surface area contributed by atoms with E-state index in [1.54, 1.807) is 6.07 Å². The lowest BCUT2D eigenvalue weighted by Crippen LogP contribution is -2.36. The Morgan fingerprint density at radius 3 is 2.38 bits per heavy atom.